The van der Waals surface area contributed by atoms with E-state index >= 15 is 0 Å². The summed E-state index contributed by atoms with van der Waals surface area (Å²) in [6, 6.07) is 12.4. The van der Waals surface area contributed by atoms with Gasteiger partial charge in [-0.1, -0.05) is 36.8 Å². The molecule has 5 nitrogen and oxygen atoms in total. The molecule has 1 amide bonds. The average Bonchev–Trinajstić information content (AvgIpc) is 3.06. The van der Waals surface area contributed by atoms with Crippen LogP contribution in [-0.2, 0) is 6.54 Å². The van der Waals surface area contributed by atoms with Crippen LogP contribution in [0.25, 0.3) is 11.0 Å². The number of carbonyl (C=O) groups excluding carboxylic acids is 1. The van der Waals surface area contributed by atoms with Crippen LogP contribution in [-0.4, -0.2) is 32.1 Å². The second kappa shape index (κ2) is 7.74. The van der Waals surface area contributed by atoms with Gasteiger partial charge in [-0.05, 0) is 51.2 Å². The van der Waals surface area contributed by atoms with Crippen molar-refractivity contribution in [3.05, 3.63) is 59.4 Å². The molecule has 0 N–H and O–H groups in total. The van der Waals surface area contributed by atoms with Crippen LogP contribution >= 0.6 is 0 Å². The van der Waals surface area contributed by atoms with Crippen molar-refractivity contribution < 1.29 is 4.79 Å². The molecule has 0 aliphatic heterocycles. The van der Waals surface area contributed by atoms with Gasteiger partial charge in [-0.2, -0.15) is 5.10 Å². The fourth-order valence-corrected chi connectivity index (χ4v) is 3.84. The first kappa shape index (κ1) is 18.7. The maximum absolute atomic E-state index is 13.5. The Bertz CT molecular complexity index is 973. The van der Waals surface area contributed by atoms with Gasteiger partial charge in [-0.25, -0.2) is 9.67 Å². The Morgan fingerprint density at radius 2 is 2.00 bits per heavy atom. The monoisotopic (exact) mass is 376 g/mol. The molecule has 0 atom stereocenters. The number of amides is 1. The molecule has 28 heavy (non-hydrogen) atoms. The van der Waals surface area contributed by atoms with E-state index in [1.165, 1.54) is 19.3 Å². The van der Waals surface area contributed by atoms with E-state index in [-0.39, 0.29) is 11.9 Å². The van der Waals surface area contributed by atoms with Crippen LogP contribution in [0, 0.1) is 12.8 Å². The van der Waals surface area contributed by atoms with Crippen LogP contribution in [0.1, 0.15) is 60.8 Å². The van der Waals surface area contributed by atoms with Gasteiger partial charge >= 0.3 is 0 Å². The third-order valence-corrected chi connectivity index (χ3v) is 5.69. The van der Waals surface area contributed by atoms with Crippen molar-refractivity contribution in [2.24, 2.45) is 5.92 Å². The fraction of sp³-hybridized carbons (Fsp3) is 0.435. The number of hydrogen-bond donors (Lipinski definition) is 0. The molecule has 146 valence electrons. The minimum absolute atomic E-state index is 0.0694. The summed E-state index contributed by atoms with van der Waals surface area (Å²) in [6.45, 7) is 7.55. The summed E-state index contributed by atoms with van der Waals surface area (Å²) in [6.07, 6.45) is 5.52. The summed E-state index contributed by atoms with van der Waals surface area (Å²) >= 11 is 0. The number of benzene rings is 1. The first-order valence-corrected chi connectivity index (χ1v) is 10.2. The summed E-state index contributed by atoms with van der Waals surface area (Å²) < 4.78 is 1.91. The summed E-state index contributed by atoms with van der Waals surface area (Å²) in [5, 5.41) is 5.37. The number of hydrogen-bond acceptors (Lipinski definition) is 3. The molecule has 4 rings (SSSR count). The number of carbonyl (C=O) groups is 1. The summed E-state index contributed by atoms with van der Waals surface area (Å²) in [4.78, 5) is 20.2. The highest BCUT2D eigenvalue weighted by Gasteiger charge is 2.26. The number of rotatable bonds is 6. The lowest BCUT2D eigenvalue weighted by molar-refractivity contribution is 0.0678. The number of nitrogens with zero attached hydrogens (tertiary/aromatic N) is 4. The van der Waals surface area contributed by atoms with Crippen molar-refractivity contribution in [1.82, 2.24) is 19.7 Å². The average molecular weight is 377 g/mol. The van der Waals surface area contributed by atoms with Crippen LogP contribution < -0.4 is 0 Å². The highest BCUT2D eigenvalue weighted by atomic mass is 16.2. The first-order chi connectivity index (χ1) is 13.5. The van der Waals surface area contributed by atoms with E-state index in [9.17, 15) is 4.79 Å². The highest BCUT2D eigenvalue weighted by Crippen LogP contribution is 2.29. The minimum atomic E-state index is 0.0694. The SMILES string of the molecule is Cc1nc2c(cnn2C(C)C)cc1C(=O)N(Cc1ccccc1)CC1CCC1. The maximum atomic E-state index is 13.5. The zero-order valence-corrected chi connectivity index (χ0v) is 16.9. The standard InChI is InChI=1S/C23H28N4O/c1-16(2)27-22-20(13-24-27)12-21(17(3)25-22)23(28)26(15-19-10-7-11-19)14-18-8-5-4-6-9-18/h4-6,8-9,12-13,16,19H,7,10-11,14-15H2,1-3H3. The van der Waals surface area contributed by atoms with Gasteiger partial charge in [0.15, 0.2) is 5.65 Å². The predicted octanol–water partition coefficient (Wildman–Crippen LogP) is 4.76. The van der Waals surface area contributed by atoms with Crippen molar-refractivity contribution in [1.29, 1.82) is 0 Å². The zero-order valence-electron chi connectivity index (χ0n) is 16.9. The quantitative estimate of drug-likeness (QED) is 0.623. The molecule has 0 radical (unpaired) electrons. The number of aryl methyl sites for hydroxylation is 1. The van der Waals surface area contributed by atoms with Gasteiger partial charge in [0.1, 0.15) is 0 Å². The molecular weight excluding hydrogens is 348 g/mol. The zero-order chi connectivity index (χ0) is 19.7. The van der Waals surface area contributed by atoms with E-state index < -0.39 is 0 Å². The molecule has 0 spiro atoms. The van der Waals surface area contributed by atoms with Gasteiger partial charge in [-0.3, -0.25) is 4.79 Å². The molecule has 1 fully saturated rings. The van der Waals surface area contributed by atoms with E-state index in [4.69, 9.17) is 4.98 Å². The molecule has 0 saturated heterocycles. The minimum Gasteiger partial charge on any atom is -0.334 e. The Morgan fingerprint density at radius 1 is 1.25 bits per heavy atom. The first-order valence-electron chi connectivity index (χ1n) is 10.2. The van der Waals surface area contributed by atoms with Gasteiger partial charge in [0.25, 0.3) is 5.91 Å². The van der Waals surface area contributed by atoms with Gasteiger partial charge in [-0.15, -0.1) is 0 Å². The number of fused-ring (bicyclic) bond motifs is 1. The molecule has 1 aromatic carbocycles. The largest absolute Gasteiger partial charge is 0.334 e. The molecule has 1 aliphatic rings. The topological polar surface area (TPSA) is 51.0 Å². The molecule has 2 heterocycles. The van der Waals surface area contributed by atoms with E-state index in [1.54, 1.807) is 0 Å². The molecule has 2 aromatic heterocycles. The molecule has 5 heteroatoms. The van der Waals surface area contributed by atoms with Crippen molar-refractivity contribution in [3.8, 4) is 0 Å². The summed E-state index contributed by atoms with van der Waals surface area (Å²) in [7, 11) is 0. The van der Waals surface area contributed by atoms with Crippen LogP contribution in [0.2, 0.25) is 0 Å². The fourth-order valence-electron chi connectivity index (χ4n) is 3.84. The second-order valence-corrected chi connectivity index (χ2v) is 8.19. The van der Waals surface area contributed by atoms with E-state index in [0.29, 0.717) is 18.0 Å². The Morgan fingerprint density at radius 3 is 2.64 bits per heavy atom. The molecule has 0 unspecified atom stereocenters. The third kappa shape index (κ3) is 3.66. The third-order valence-electron chi connectivity index (χ3n) is 5.69. The Labute approximate surface area is 166 Å². The molecule has 1 saturated carbocycles. The Kier molecular flexibility index (Phi) is 5.16. The van der Waals surface area contributed by atoms with Crippen molar-refractivity contribution in [2.45, 2.75) is 52.6 Å². The lowest BCUT2D eigenvalue weighted by Gasteiger charge is -2.33. The normalized spacial score (nSPS) is 14.4. The smallest absolute Gasteiger partial charge is 0.256 e. The lowest BCUT2D eigenvalue weighted by Crippen LogP contribution is -2.37. The van der Waals surface area contributed by atoms with Crippen molar-refractivity contribution in [2.75, 3.05) is 6.54 Å². The van der Waals surface area contributed by atoms with Gasteiger partial charge in [0, 0.05) is 24.5 Å². The predicted molar refractivity (Wildman–Crippen MR) is 111 cm³/mol. The molecule has 3 aromatic rings. The van der Waals surface area contributed by atoms with Gasteiger partial charge < -0.3 is 4.90 Å². The van der Waals surface area contributed by atoms with Gasteiger partial charge in [0.05, 0.1) is 17.5 Å². The van der Waals surface area contributed by atoms with E-state index in [1.807, 2.05) is 47.0 Å². The van der Waals surface area contributed by atoms with Crippen LogP contribution in [0.5, 0.6) is 0 Å². The van der Waals surface area contributed by atoms with E-state index in [0.717, 1.165) is 28.8 Å². The molecule has 1 aliphatic carbocycles. The summed E-state index contributed by atoms with van der Waals surface area (Å²) in [5.41, 5.74) is 3.46. The number of aromatic nitrogens is 3. The van der Waals surface area contributed by atoms with Crippen LogP contribution in [0.4, 0.5) is 0 Å². The second-order valence-electron chi connectivity index (χ2n) is 8.19. The van der Waals surface area contributed by atoms with Crippen molar-refractivity contribution >= 4 is 16.9 Å². The van der Waals surface area contributed by atoms with Crippen LogP contribution in [0.3, 0.4) is 0 Å². The van der Waals surface area contributed by atoms with Crippen LogP contribution in [0.15, 0.2) is 42.6 Å². The van der Waals surface area contributed by atoms with Gasteiger partial charge in [0.2, 0.25) is 0 Å². The van der Waals surface area contributed by atoms with E-state index in [2.05, 4.69) is 31.1 Å². The Hall–Kier alpha value is -2.69. The maximum Gasteiger partial charge on any atom is 0.256 e. The molecule has 0 bridgehead atoms. The summed E-state index contributed by atoms with van der Waals surface area (Å²) in [5.74, 6) is 0.688. The Balaban J connectivity index is 1.66. The highest BCUT2D eigenvalue weighted by molar-refractivity contribution is 5.98. The molecular formula is C23H28N4O. The van der Waals surface area contributed by atoms with Crippen molar-refractivity contribution in [3.63, 3.8) is 0 Å². The number of pyridine rings is 1. The lowest BCUT2D eigenvalue weighted by atomic mass is 9.85.